The summed E-state index contributed by atoms with van der Waals surface area (Å²) < 4.78 is 5.65. The number of nitro groups is 1. The average Bonchev–Trinajstić information content (AvgIpc) is 3.35. The molecule has 9 nitrogen and oxygen atoms in total. The van der Waals surface area contributed by atoms with Crippen molar-refractivity contribution < 1.29 is 23.7 Å². The summed E-state index contributed by atoms with van der Waals surface area (Å²) in [7, 11) is 0. The maximum atomic E-state index is 12.6. The summed E-state index contributed by atoms with van der Waals surface area (Å²) in [5.74, 6) is -0.620. The van der Waals surface area contributed by atoms with Crippen LogP contribution in [0.5, 0.6) is 0 Å². The van der Waals surface area contributed by atoms with Gasteiger partial charge in [-0.1, -0.05) is 30.3 Å². The van der Waals surface area contributed by atoms with Gasteiger partial charge in [0.25, 0.3) is 16.8 Å². The molecule has 0 aliphatic carbocycles. The Kier molecular flexibility index (Phi) is 5.86. The summed E-state index contributed by atoms with van der Waals surface area (Å²) in [5, 5.41) is 13.3. The topological polar surface area (TPSA) is 123 Å². The molecule has 0 unspecified atom stereocenters. The van der Waals surface area contributed by atoms with E-state index >= 15 is 0 Å². The highest BCUT2D eigenvalue weighted by Crippen LogP contribution is 2.35. The SMILES string of the molecule is O=C(CN1C(=O)S/C(=C\c2ccc(-c3ccccc3[N+](=O)[O-])o2)C1=O)Nc1ccccc1. The first-order valence-electron chi connectivity index (χ1n) is 9.36. The quantitative estimate of drug-likeness (QED) is 0.333. The zero-order chi connectivity index (χ0) is 22.7. The second-order valence-corrected chi connectivity index (χ2v) is 7.65. The molecule has 0 saturated carbocycles. The number of benzene rings is 2. The van der Waals surface area contributed by atoms with E-state index in [9.17, 15) is 24.5 Å². The maximum absolute atomic E-state index is 12.6. The van der Waals surface area contributed by atoms with Gasteiger partial charge in [-0.25, -0.2) is 0 Å². The molecule has 1 saturated heterocycles. The number of rotatable bonds is 6. The van der Waals surface area contributed by atoms with Gasteiger partial charge in [0.05, 0.1) is 15.4 Å². The molecule has 0 radical (unpaired) electrons. The summed E-state index contributed by atoms with van der Waals surface area (Å²) >= 11 is 0.688. The number of thioether (sulfide) groups is 1. The van der Waals surface area contributed by atoms with Gasteiger partial charge in [0.2, 0.25) is 5.91 Å². The van der Waals surface area contributed by atoms with Crippen LogP contribution in [-0.2, 0) is 9.59 Å². The second-order valence-electron chi connectivity index (χ2n) is 6.66. The number of nitro benzene ring substituents is 1. The molecule has 0 atom stereocenters. The van der Waals surface area contributed by atoms with Gasteiger partial charge in [-0.2, -0.15) is 0 Å². The van der Waals surface area contributed by atoms with E-state index in [0.29, 0.717) is 23.0 Å². The summed E-state index contributed by atoms with van der Waals surface area (Å²) in [6, 6.07) is 17.9. The van der Waals surface area contributed by atoms with E-state index in [0.717, 1.165) is 4.90 Å². The van der Waals surface area contributed by atoms with Crippen molar-refractivity contribution >= 4 is 46.3 Å². The van der Waals surface area contributed by atoms with Crippen LogP contribution in [0.2, 0.25) is 0 Å². The van der Waals surface area contributed by atoms with Crippen molar-refractivity contribution in [2.75, 3.05) is 11.9 Å². The van der Waals surface area contributed by atoms with E-state index in [-0.39, 0.29) is 22.1 Å². The molecule has 1 fully saturated rings. The van der Waals surface area contributed by atoms with Gasteiger partial charge in [0.1, 0.15) is 18.1 Å². The minimum absolute atomic E-state index is 0.0889. The van der Waals surface area contributed by atoms with E-state index < -0.39 is 28.5 Å². The smallest absolute Gasteiger partial charge is 0.294 e. The van der Waals surface area contributed by atoms with Crippen molar-refractivity contribution in [2.24, 2.45) is 0 Å². The maximum Gasteiger partial charge on any atom is 0.294 e. The predicted molar refractivity (Wildman–Crippen MR) is 119 cm³/mol. The molecule has 2 heterocycles. The van der Waals surface area contributed by atoms with Crippen molar-refractivity contribution in [3.05, 3.63) is 87.5 Å². The van der Waals surface area contributed by atoms with E-state index in [1.54, 1.807) is 60.7 Å². The minimum atomic E-state index is -0.619. The summed E-state index contributed by atoms with van der Waals surface area (Å²) in [6.07, 6.45) is 1.37. The molecule has 1 aromatic heterocycles. The zero-order valence-corrected chi connectivity index (χ0v) is 17.2. The third-order valence-corrected chi connectivity index (χ3v) is 5.41. The molecular weight excluding hydrogens is 434 g/mol. The van der Waals surface area contributed by atoms with Crippen molar-refractivity contribution in [3.8, 4) is 11.3 Å². The standard InChI is InChI=1S/C22H15N3O6S/c26-20(23-14-6-2-1-3-7-14)13-24-21(27)19(32-22(24)28)12-15-10-11-18(31-15)16-8-4-5-9-17(16)25(29)30/h1-12H,13H2,(H,23,26)/b19-12-. The number of hydrogen-bond donors (Lipinski definition) is 1. The molecule has 2 aromatic carbocycles. The number of carbonyl (C=O) groups is 3. The molecule has 3 amide bonds. The normalized spacial score (nSPS) is 14.8. The highest BCUT2D eigenvalue weighted by molar-refractivity contribution is 8.18. The van der Waals surface area contributed by atoms with Crippen LogP contribution in [0.3, 0.4) is 0 Å². The molecular formula is C22H15N3O6S. The van der Waals surface area contributed by atoms with Crippen molar-refractivity contribution in [3.63, 3.8) is 0 Å². The van der Waals surface area contributed by atoms with Crippen LogP contribution in [0.25, 0.3) is 17.4 Å². The van der Waals surface area contributed by atoms with Gasteiger partial charge < -0.3 is 9.73 Å². The molecule has 3 aromatic rings. The Hall–Kier alpha value is -4.18. The first-order chi connectivity index (χ1) is 15.4. The fraction of sp³-hybridized carbons (Fsp3) is 0.0455. The van der Waals surface area contributed by atoms with Gasteiger partial charge in [-0.05, 0) is 42.1 Å². The summed E-state index contributed by atoms with van der Waals surface area (Å²) in [5.41, 5.74) is 0.735. The van der Waals surface area contributed by atoms with Gasteiger partial charge in [0.15, 0.2) is 0 Å². The van der Waals surface area contributed by atoms with Gasteiger partial charge >= 0.3 is 0 Å². The van der Waals surface area contributed by atoms with Gasteiger partial charge in [-0.15, -0.1) is 0 Å². The van der Waals surface area contributed by atoms with Crippen molar-refractivity contribution in [2.45, 2.75) is 0 Å². The largest absolute Gasteiger partial charge is 0.456 e. The Bertz CT molecular complexity index is 1250. The van der Waals surface area contributed by atoms with Crippen LogP contribution in [0.1, 0.15) is 5.76 Å². The van der Waals surface area contributed by atoms with Crippen LogP contribution >= 0.6 is 11.8 Å². The fourth-order valence-corrected chi connectivity index (χ4v) is 3.87. The predicted octanol–water partition coefficient (Wildman–Crippen LogP) is 4.53. The van der Waals surface area contributed by atoms with Crippen LogP contribution in [0.4, 0.5) is 16.2 Å². The zero-order valence-electron chi connectivity index (χ0n) is 16.4. The lowest BCUT2D eigenvalue weighted by molar-refractivity contribution is -0.384. The molecule has 1 N–H and O–H groups in total. The number of furan rings is 1. The Balaban J connectivity index is 1.49. The van der Waals surface area contributed by atoms with Crippen molar-refractivity contribution in [1.82, 2.24) is 4.90 Å². The average molecular weight is 449 g/mol. The molecule has 0 spiro atoms. The van der Waals surface area contributed by atoms with Crippen LogP contribution in [-0.4, -0.2) is 33.4 Å². The number of amides is 3. The third kappa shape index (κ3) is 4.44. The first-order valence-corrected chi connectivity index (χ1v) is 10.2. The number of anilines is 1. The molecule has 1 aliphatic heterocycles. The number of carbonyl (C=O) groups excluding carboxylic acids is 3. The molecule has 32 heavy (non-hydrogen) atoms. The number of nitrogens with zero attached hydrogens (tertiary/aromatic N) is 2. The number of hydrogen-bond acceptors (Lipinski definition) is 7. The minimum Gasteiger partial charge on any atom is -0.456 e. The Labute approximate surface area is 185 Å². The van der Waals surface area contributed by atoms with Gasteiger partial charge in [0, 0.05) is 17.8 Å². The van der Waals surface area contributed by atoms with Crippen LogP contribution in [0.15, 0.2) is 76.1 Å². The Morgan fingerprint density at radius 3 is 2.53 bits per heavy atom. The second kappa shape index (κ2) is 8.90. The monoisotopic (exact) mass is 449 g/mol. The van der Waals surface area contributed by atoms with Crippen molar-refractivity contribution in [1.29, 1.82) is 0 Å². The van der Waals surface area contributed by atoms with E-state index in [1.807, 2.05) is 0 Å². The number of imide groups is 1. The first kappa shape index (κ1) is 21.1. The van der Waals surface area contributed by atoms with E-state index in [4.69, 9.17) is 4.42 Å². The summed E-state index contributed by atoms with van der Waals surface area (Å²) in [4.78, 5) is 48.8. The van der Waals surface area contributed by atoms with Crippen LogP contribution < -0.4 is 5.32 Å². The number of para-hydroxylation sites is 2. The lowest BCUT2D eigenvalue weighted by Gasteiger charge is -2.12. The van der Waals surface area contributed by atoms with E-state index in [1.165, 1.54) is 12.1 Å². The van der Waals surface area contributed by atoms with E-state index in [2.05, 4.69) is 5.32 Å². The number of nitrogens with one attached hydrogen (secondary N) is 1. The highest BCUT2D eigenvalue weighted by Gasteiger charge is 2.36. The highest BCUT2D eigenvalue weighted by atomic mass is 32.2. The lowest BCUT2D eigenvalue weighted by Crippen LogP contribution is -2.36. The Morgan fingerprint density at radius 2 is 1.78 bits per heavy atom. The fourth-order valence-electron chi connectivity index (χ4n) is 3.05. The molecule has 1 aliphatic rings. The molecule has 0 bridgehead atoms. The summed E-state index contributed by atoms with van der Waals surface area (Å²) in [6.45, 7) is -0.420. The molecule has 10 heteroatoms. The third-order valence-electron chi connectivity index (χ3n) is 4.50. The lowest BCUT2D eigenvalue weighted by atomic mass is 10.1. The Morgan fingerprint density at radius 1 is 1.06 bits per heavy atom. The molecule has 160 valence electrons. The molecule has 4 rings (SSSR count). The van der Waals surface area contributed by atoms with Crippen LogP contribution in [0, 0.1) is 10.1 Å². The van der Waals surface area contributed by atoms with Gasteiger partial charge in [-0.3, -0.25) is 29.4 Å².